The average molecular weight is 194 g/mol. The van der Waals surface area contributed by atoms with Gasteiger partial charge in [0.2, 0.25) is 0 Å². The van der Waals surface area contributed by atoms with E-state index in [1.807, 2.05) is 12.1 Å². The Labute approximate surface area is 83.8 Å². The van der Waals surface area contributed by atoms with Gasteiger partial charge in [-0.3, -0.25) is 4.99 Å². The van der Waals surface area contributed by atoms with Gasteiger partial charge in [0.1, 0.15) is 0 Å². The lowest BCUT2D eigenvalue weighted by molar-refractivity contribution is 1.24. The quantitative estimate of drug-likeness (QED) is 0.641. The van der Waals surface area contributed by atoms with Crippen molar-refractivity contribution in [2.45, 2.75) is 13.3 Å². The molecule has 0 saturated heterocycles. The lowest BCUT2D eigenvalue weighted by atomic mass is 10.0. The summed E-state index contributed by atoms with van der Waals surface area (Å²) >= 11 is 5.83. The van der Waals surface area contributed by atoms with E-state index in [1.54, 1.807) is 6.07 Å². The predicted molar refractivity (Wildman–Crippen MR) is 60.0 cm³/mol. The van der Waals surface area contributed by atoms with E-state index in [0.29, 0.717) is 5.02 Å². The zero-order valence-corrected chi connectivity index (χ0v) is 8.43. The summed E-state index contributed by atoms with van der Waals surface area (Å²) in [5.41, 5.74) is 2.89. The van der Waals surface area contributed by atoms with Crippen LogP contribution in [-0.4, -0.2) is 6.72 Å². The van der Waals surface area contributed by atoms with Crippen molar-refractivity contribution in [1.29, 1.82) is 0 Å². The van der Waals surface area contributed by atoms with E-state index < -0.39 is 0 Å². The molecule has 0 saturated carbocycles. The lowest BCUT2D eigenvalue weighted by Gasteiger charge is -2.06. The van der Waals surface area contributed by atoms with Gasteiger partial charge in [0, 0.05) is 10.6 Å². The molecule has 0 spiro atoms. The van der Waals surface area contributed by atoms with Gasteiger partial charge in [0.25, 0.3) is 0 Å². The number of hydrogen-bond acceptors (Lipinski definition) is 1. The third kappa shape index (κ3) is 2.19. The molecule has 0 unspecified atom stereocenters. The van der Waals surface area contributed by atoms with Crippen LogP contribution in [0.5, 0.6) is 0 Å². The van der Waals surface area contributed by atoms with Gasteiger partial charge in [-0.1, -0.05) is 31.2 Å². The molecule has 0 bridgehead atoms. The topological polar surface area (TPSA) is 12.4 Å². The molecule has 13 heavy (non-hydrogen) atoms. The molecule has 0 N–H and O–H groups in total. The first kappa shape index (κ1) is 10.0. The second kappa shape index (κ2) is 4.24. The summed E-state index contributed by atoms with van der Waals surface area (Å²) in [4.78, 5) is 3.91. The van der Waals surface area contributed by atoms with Crippen LogP contribution in [0.25, 0.3) is 5.57 Å². The molecule has 0 aromatic heterocycles. The van der Waals surface area contributed by atoms with Gasteiger partial charge < -0.3 is 0 Å². The zero-order chi connectivity index (χ0) is 9.84. The third-order valence-corrected chi connectivity index (χ3v) is 2.17. The third-order valence-electron chi connectivity index (χ3n) is 1.94. The highest BCUT2D eigenvalue weighted by Crippen LogP contribution is 2.29. The van der Waals surface area contributed by atoms with Crippen LogP contribution >= 0.6 is 11.6 Å². The van der Waals surface area contributed by atoms with E-state index in [-0.39, 0.29) is 0 Å². The summed E-state index contributed by atoms with van der Waals surface area (Å²) in [6, 6.07) is 5.56. The molecule has 1 aromatic rings. The molecular formula is C11H12ClN. The van der Waals surface area contributed by atoms with Crippen LogP contribution in [0.2, 0.25) is 5.02 Å². The van der Waals surface area contributed by atoms with E-state index in [0.717, 1.165) is 23.2 Å². The van der Waals surface area contributed by atoms with Gasteiger partial charge in [-0.25, -0.2) is 0 Å². The van der Waals surface area contributed by atoms with E-state index in [1.165, 1.54) is 0 Å². The van der Waals surface area contributed by atoms with Crippen molar-refractivity contribution in [2.24, 2.45) is 4.99 Å². The SMILES string of the molecule is C=Nc1cc(Cl)ccc1C(=C)CC. The minimum atomic E-state index is 0.676. The Hall–Kier alpha value is -1.08. The Morgan fingerprint density at radius 3 is 2.77 bits per heavy atom. The molecule has 0 aliphatic carbocycles. The first-order valence-corrected chi connectivity index (χ1v) is 4.51. The van der Waals surface area contributed by atoms with E-state index in [4.69, 9.17) is 11.6 Å². The van der Waals surface area contributed by atoms with Crippen LogP contribution in [0, 0.1) is 0 Å². The Bertz CT molecular complexity index is 342. The highest BCUT2D eigenvalue weighted by molar-refractivity contribution is 6.30. The highest BCUT2D eigenvalue weighted by Gasteiger charge is 2.03. The molecule has 0 heterocycles. The van der Waals surface area contributed by atoms with Crippen LogP contribution in [0.15, 0.2) is 29.8 Å². The predicted octanol–water partition coefficient (Wildman–Crippen LogP) is 4.10. The maximum Gasteiger partial charge on any atom is 0.0712 e. The number of rotatable bonds is 3. The Kier molecular flexibility index (Phi) is 3.26. The van der Waals surface area contributed by atoms with Crippen molar-refractivity contribution in [1.82, 2.24) is 0 Å². The number of aliphatic imine (C=N–C) groups is 1. The van der Waals surface area contributed by atoms with Crippen LogP contribution in [0.3, 0.4) is 0 Å². The molecule has 0 amide bonds. The fraction of sp³-hybridized carbons (Fsp3) is 0.182. The largest absolute Gasteiger partial charge is 0.264 e. The lowest BCUT2D eigenvalue weighted by Crippen LogP contribution is -1.81. The Balaban J connectivity index is 3.20. The Morgan fingerprint density at radius 2 is 2.23 bits per heavy atom. The summed E-state index contributed by atoms with van der Waals surface area (Å²) in [5.74, 6) is 0. The first-order valence-electron chi connectivity index (χ1n) is 4.13. The summed E-state index contributed by atoms with van der Waals surface area (Å²) < 4.78 is 0. The monoisotopic (exact) mass is 193 g/mol. The van der Waals surface area contributed by atoms with Gasteiger partial charge in [-0.05, 0) is 30.8 Å². The highest BCUT2D eigenvalue weighted by atomic mass is 35.5. The Morgan fingerprint density at radius 1 is 1.54 bits per heavy atom. The molecule has 68 valence electrons. The number of benzene rings is 1. The molecule has 0 fully saturated rings. The molecule has 2 heteroatoms. The maximum atomic E-state index is 5.83. The molecule has 1 rings (SSSR count). The number of hydrogen-bond donors (Lipinski definition) is 0. The molecule has 0 radical (unpaired) electrons. The van der Waals surface area contributed by atoms with Crippen molar-refractivity contribution in [3.05, 3.63) is 35.4 Å². The minimum Gasteiger partial charge on any atom is -0.264 e. The number of halogens is 1. The minimum absolute atomic E-state index is 0.676. The molecule has 1 nitrogen and oxygen atoms in total. The van der Waals surface area contributed by atoms with Gasteiger partial charge >= 0.3 is 0 Å². The van der Waals surface area contributed by atoms with Crippen LogP contribution in [0.4, 0.5) is 5.69 Å². The molecular weight excluding hydrogens is 182 g/mol. The number of nitrogens with zero attached hydrogens (tertiary/aromatic N) is 1. The normalized spacial score (nSPS) is 9.69. The van der Waals surface area contributed by atoms with Crippen molar-refractivity contribution in [3.63, 3.8) is 0 Å². The van der Waals surface area contributed by atoms with Crippen LogP contribution in [-0.2, 0) is 0 Å². The standard InChI is InChI=1S/C11H12ClN/c1-4-8(2)10-6-5-9(12)7-11(10)13-3/h5-7H,2-4H2,1H3. The van der Waals surface area contributed by atoms with E-state index in [2.05, 4.69) is 25.2 Å². The van der Waals surface area contributed by atoms with Crippen LogP contribution < -0.4 is 0 Å². The van der Waals surface area contributed by atoms with Gasteiger partial charge in [-0.2, -0.15) is 0 Å². The van der Waals surface area contributed by atoms with Gasteiger partial charge in [0.05, 0.1) is 5.69 Å². The van der Waals surface area contributed by atoms with E-state index >= 15 is 0 Å². The molecule has 1 aromatic carbocycles. The second-order valence-electron chi connectivity index (χ2n) is 2.78. The summed E-state index contributed by atoms with van der Waals surface area (Å²) in [6.45, 7) is 9.51. The zero-order valence-electron chi connectivity index (χ0n) is 7.68. The smallest absolute Gasteiger partial charge is 0.0712 e. The summed E-state index contributed by atoms with van der Waals surface area (Å²) in [7, 11) is 0. The van der Waals surface area contributed by atoms with Crippen molar-refractivity contribution >= 4 is 29.6 Å². The first-order chi connectivity index (χ1) is 6.19. The maximum absolute atomic E-state index is 5.83. The molecule has 0 aliphatic heterocycles. The summed E-state index contributed by atoms with van der Waals surface area (Å²) in [6.07, 6.45) is 0.907. The molecule has 0 atom stereocenters. The summed E-state index contributed by atoms with van der Waals surface area (Å²) in [5, 5.41) is 0.676. The van der Waals surface area contributed by atoms with Gasteiger partial charge in [0.15, 0.2) is 0 Å². The van der Waals surface area contributed by atoms with Crippen LogP contribution in [0.1, 0.15) is 18.9 Å². The number of allylic oxidation sites excluding steroid dienone is 1. The average Bonchev–Trinajstić information content (AvgIpc) is 2.16. The van der Waals surface area contributed by atoms with Crippen molar-refractivity contribution in [3.8, 4) is 0 Å². The van der Waals surface area contributed by atoms with Gasteiger partial charge in [-0.15, -0.1) is 0 Å². The van der Waals surface area contributed by atoms with E-state index in [9.17, 15) is 0 Å². The van der Waals surface area contributed by atoms with Crippen molar-refractivity contribution in [2.75, 3.05) is 0 Å². The fourth-order valence-electron chi connectivity index (χ4n) is 1.13. The fourth-order valence-corrected chi connectivity index (χ4v) is 1.29. The second-order valence-corrected chi connectivity index (χ2v) is 3.21. The molecule has 0 aliphatic rings. The van der Waals surface area contributed by atoms with Crippen molar-refractivity contribution < 1.29 is 0 Å².